The summed E-state index contributed by atoms with van der Waals surface area (Å²) >= 11 is 0. The number of rotatable bonds is 3. The van der Waals surface area contributed by atoms with Gasteiger partial charge >= 0.3 is 7.12 Å². The van der Waals surface area contributed by atoms with Gasteiger partial charge in [0.25, 0.3) is 5.92 Å². The molecule has 0 unspecified atom stereocenters. The van der Waals surface area contributed by atoms with E-state index in [1.54, 1.807) is 0 Å². The first-order valence-electron chi connectivity index (χ1n) is 6.06. The van der Waals surface area contributed by atoms with Gasteiger partial charge in [-0.2, -0.15) is 4.31 Å². The molecule has 0 aliphatic carbocycles. The van der Waals surface area contributed by atoms with Crippen LogP contribution in [0.25, 0.3) is 0 Å². The number of halogens is 2. The molecule has 5 nitrogen and oxygen atoms in total. The largest absolute Gasteiger partial charge is 0.488 e. The second-order valence-electron chi connectivity index (χ2n) is 4.70. The smallest absolute Gasteiger partial charge is 0.423 e. The summed E-state index contributed by atoms with van der Waals surface area (Å²) in [4.78, 5) is -0.0490. The zero-order chi connectivity index (χ0) is 15.0. The molecule has 1 aromatic carbocycles. The van der Waals surface area contributed by atoms with Gasteiger partial charge in [0.1, 0.15) is 0 Å². The average molecular weight is 305 g/mol. The third-order valence-corrected chi connectivity index (χ3v) is 5.18. The predicted molar refractivity (Wildman–Crippen MR) is 69.2 cm³/mol. The summed E-state index contributed by atoms with van der Waals surface area (Å²) < 4.78 is 51.6. The van der Waals surface area contributed by atoms with Crippen LogP contribution in [0.3, 0.4) is 0 Å². The maximum Gasteiger partial charge on any atom is 0.488 e. The third kappa shape index (κ3) is 3.17. The fourth-order valence-corrected chi connectivity index (χ4v) is 3.46. The second-order valence-corrected chi connectivity index (χ2v) is 6.64. The van der Waals surface area contributed by atoms with Gasteiger partial charge in [-0.05, 0) is 17.6 Å². The maximum absolute atomic E-state index is 13.0. The van der Waals surface area contributed by atoms with Gasteiger partial charge in [0.2, 0.25) is 10.0 Å². The molecule has 0 aromatic heterocycles. The summed E-state index contributed by atoms with van der Waals surface area (Å²) in [7, 11) is -5.50. The molecule has 1 aliphatic rings. The van der Waals surface area contributed by atoms with Crippen LogP contribution in [0.2, 0.25) is 0 Å². The predicted octanol–water partition coefficient (Wildman–Crippen LogP) is -0.214. The van der Waals surface area contributed by atoms with Crippen molar-refractivity contribution < 1.29 is 27.2 Å². The van der Waals surface area contributed by atoms with Crippen LogP contribution in [0.5, 0.6) is 0 Å². The highest BCUT2D eigenvalue weighted by molar-refractivity contribution is 7.89. The molecular weight excluding hydrogens is 291 g/mol. The van der Waals surface area contributed by atoms with Crippen LogP contribution in [0.4, 0.5) is 8.78 Å². The Morgan fingerprint density at radius 1 is 1.10 bits per heavy atom. The van der Waals surface area contributed by atoms with Crippen molar-refractivity contribution in [3.05, 3.63) is 24.3 Å². The van der Waals surface area contributed by atoms with Crippen molar-refractivity contribution in [3.8, 4) is 0 Å². The monoisotopic (exact) mass is 305 g/mol. The number of alkyl halides is 2. The molecule has 1 aromatic rings. The number of nitrogens with zero attached hydrogens (tertiary/aromatic N) is 1. The van der Waals surface area contributed by atoms with E-state index in [2.05, 4.69) is 0 Å². The Morgan fingerprint density at radius 2 is 1.60 bits per heavy atom. The fourth-order valence-electron chi connectivity index (χ4n) is 2.01. The summed E-state index contributed by atoms with van der Waals surface area (Å²) in [6.07, 6.45) is -0.973. The Labute approximate surface area is 116 Å². The summed E-state index contributed by atoms with van der Waals surface area (Å²) in [5.41, 5.74) is 0.161. The Balaban J connectivity index is 2.18. The number of sulfonamides is 1. The lowest BCUT2D eigenvalue weighted by atomic mass is 9.81. The third-order valence-electron chi connectivity index (χ3n) is 3.27. The molecule has 0 spiro atoms. The van der Waals surface area contributed by atoms with E-state index >= 15 is 0 Å². The van der Waals surface area contributed by atoms with E-state index in [4.69, 9.17) is 10.0 Å². The van der Waals surface area contributed by atoms with Gasteiger partial charge in [0, 0.05) is 25.9 Å². The number of piperidine rings is 1. The van der Waals surface area contributed by atoms with Crippen LogP contribution in [0.15, 0.2) is 29.2 Å². The highest BCUT2D eigenvalue weighted by Gasteiger charge is 2.38. The van der Waals surface area contributed by atoms with Crippen molar-refractivity contribution in [1.82, 2.24) is 4.31 Å². The zero-order valence-corrected chi connectivity index (χ0v) is 11.4. The topological polar surface area (TPSA) is 77.8 Å². The van der Waals surface area contributed by atoms with E-state index in [1.165, 1.54) is 24.3 Å². The van der Waals surface area contributed by atoms with Gasteiger partial charge in [-0.3, -0.25) is 0 Å². The van der Waals surface area contributed by atoms with Crippen LogP contribution in [0.1, 0.15) is 12.8 Å². The number of hydrogen-bond acceptors (Lipinski definition) is 4. The maximum atomic E-state index is 13.0. The SMILES string of the molecule is O=S(=O)(c1ccc(B(O)O)cc1)N1CCC(F)(F)CC1. The highest BCUT2D eigenvalue weighted by Crippen LogP contribution is 2.30. The lowest BCUT2D eigenvalue weighted by Gasteiger charge is -2.30. The highest BCUT2D eigenvalue weighted by atomic mass is 32.2. The average Bonchev–Trinajstić information content (AvgIpc) is 2.38. The molecule has 0 radical (unpaired) electrons. The van der Waals surface area contributed by atoms with Crippen molar-refractivity contribution >= 4 is 22.6 Å². The lowest BCUT2D eigenvalue weighted by molar-refractivity contribution is -0.0412. The summed E-state index contributed by atoms with van der Waals surface area (Å²) in [6.45, 7) is -0.445. The van der Waals surface area contributed by atoms with Crippen LogP contribution < -0.4 is 5.46 Å². The molecular formula is C11H14BF2NO4S. The molecule has 1 saturated heterocycles. The molecule has 2 N–H and O–H groups in total. The minimum absolute atomic E-state index is 0.0490. The van der Waals surface area contributed by atoms with Gasteiger partial charge in [0.05, 0.1) is 4.90 Å². The van der Waals surface area contributed by atoms with Crippen LogP contribution in [-0.2, 0) is 10.0 Å². The van der Waals surface area contributed by atoms with Crippen LogP contribution in [0, 0.1) is 0 Å². The molecule has 110 valence electrons. The standard InChI is InChI=1S/C11H14BF2NO4S/c13-11(14)5-7-15(8-6-11)20(18,19)10-3-1-9(2-4-10)12(16)17/h1-4,16-17H,5-8H2. The normalized spacial score (nSPS) is 19.8. The Morgan fingerprint density at radius 3 is 2.05 bits per heavy atom. The molecule has 2 rings (SSSR count). The van der Waals surface area contributed by atoms with Gasteiger partial charge < -0.3 is 10.0 Å². The fraction of sp³-hybridized carbons (Fsp3) is 0.455. The first-order chi connectivity index (χ1) is 9.22. The van der Waals surface area contributed by atoms with Crippen molar-refractivity contribution in [3.63, 3.8) is 0 Å². The van der Waals surface area contributed by atoms with Crippen molar-refractivity contribution in [2.24, 2.45) is 0 Å². The molecule has 20 heavy (non-hydrogen) atoms. The molecule has 1 aliphatic heterocycles. The van der Waals surface area contributed by atoms with Gasteiger partial charge in [-0.1, -0.05) is 12.1 Å². The van der Waals surface area contributed by atoms with Gasteiger partial charge in [-0.15, -0.1) is 0 Å². The first-order valence-corrected chi connectivity index (χ1v) is 7.50. The summed E-state index contributed by atoms with van der Waals surface area (Å²) in [5.74, 6) is -2.81. The van der Waals surface area contributed by atoms with Gasteiger partial charge in [-0.25, -0.2) is 17.2 Å². The van der Waals surface area contributed by atoms with Crippen molar-refractivity contribution in [2.75, 3.05) is 13.1 Å². The number of benzene rings is 1. The molecule has 0 amide bonds. The zero-order valence-electron chi connectivity index (χ0n) is 10.5. The van der Waals surface area contributed by atoms with Crippen LogP contribution in [-0.4, -0.2) is 48.9 Å². The quantitative estimate of drug-likeness (QED) is 0.757. The van der Waals surface area contributed by atoms with E-state index < -0.39 is 35.9 Å². The van der Waals surface area contributed by atoms with Gasteiger partial charge in [0.15, 0.2) is 0 Å². The molecule has 9 heteroatoms. The molecule has 1 fully saturated rings. The molecule has 1 heterocycles. The van der Waals surface area contributed by atoms with E-state index in [0.717, 1.165) is 4.31 Å². The minimum atomic E-state index is -3.82. The van der Waals surface area contributed by atoms with E-state index in [0.29, 0.717) is 0 Å². The Kier molecular flexibility index (Phi) is 4.15. The molecule has 0 atom stereocenters. The Bertz CT molecular complexity index is 567. The lowest BCUT2D eigenvalue weighted by Crippen LogP contribution is -2.42. The van der Waals surface area contributed by atoms with Crippen molar-refractivity contribution in [1.29, 1.82) is 0 Å². The van der Waals surface area contributed by atoms with E-state index in [1.807, 2.05) is 0 Å². The number of hydrogen-bond donors (Lipinski definition) is 2. The van der Waals surface area contributed by atoms with E-state index in [9.17, 15) is 17.2 Å². The second kappa shape index (κ2) is 5.40. The summed E-state index contributed by atoms with van der Waals surface area (Å²) in [6, 6.07) is 5.01. The van der Waals surface area contributed by atoms with Crippen LogP contribution >= 0.6 is 0 Å². The first kappa shape index (κ1) is 15.4. The van der Waals surface area contributed by atoms with Crippen molar-refractivity contribution in [2.45, 2.75) is 23.7 Å². The van der Waals surface area contributed by atoms with E-state index in [-0.39, 0.29) is 23.4 Å². The molecule has 0 saturated carbocycles. The Hall–Kier alpha value is -1.03. The molecule has 0 bridgehead atoms. The minimum Gasteiger partial charge on any atom is -0.423 e. The summed E-state index contributed by atoms with van der Waals surface area (Å²) in [5, 5.41) is 17.9.